The summed E-state index contributed by atoms with van der Waals surface area (Å²) in [6.07, 6.45) is 6.20. The van der Waals surface area contributed by atoms with Crippen LogP contribution in [0, 0.1) is 0 Å². The molecule has 0 spiro atoms. The highest BCUT2D eigenvalue weighted by Gasteiger charge is 2.27. The number of carbonyl (C=O) groups is 1. The van der Waals surface area contributed by atoms with E-state index in [2.05, 4.69) is 6.58 Å². The quantitative estimate of drug-likeness (QED) is 0.651. The lowest BCUT2D eigenvalue weighted by molar-refractivity contribution is 0.0300. The van der Waals surface area contributed by atoms with Gasteiger partial charge in [-0.15, -0.1) is 6.58 Å². The van der Waals surface area contributed by atoms with Crippen molar-refractivity contribution < 1.29 is 19.0 Å². The van der Waals surface area contributed by atoms with Gasteiger partial charge in [0.15, 0.2) is 0 Å². The van der Waals surface area contributed by atoms with Gasteiger partial charge in [-0.05, 0) is 31.0 Å². The number of rotatable bonds is 6. The van der Waals surface area contributed by atoms with E-state index < -0.39 is 0 Å². The lowest BCUT2D eigenvalue weighted by Crippen LogP contribution is -2.40. The fourth-order valence-electron chi connectivity index (χ4n) is 4.35. The van der Waals surface area contributed by atoms with Crippen LogP contribution in [0.3, 0.4) is 0 Å². The number of hydrogen-bond acceptors (Lipinski definition) is 5. The van der Waals surface area contributed by atoms with Crippen molar-refractivity contribution in [2.75, 3.05) is 40.5 Å². The first-order valence-electron chi connectivity index (χ1n) is 10.7. The molecule has 7 heteroatoms. The summed E-state index contributed by atoms with van der Waals surface area (Å²) in [5.74, 6) is 0.894. The number of amides is 1. The molecule has 1 aliphatic heterocycles. The molecule has 1 fully saturated rings. The van der Waals surface area contributed by atoms with Crippen LogP contribution in [-0.4, -0.2) is 55.9 Å². The van der Waals surface area contributed by atoms with E-state index in [9.17, 15) is 9.59 Å². The molecule has 2 aromatic rings. The fraction of sp³-hybridized carbons (Fsp3) is 0.360. The Morgan fingerprint density at radius 1 is 1.16 bits per heavy atom. The second kappa shape index (κ2) is 9.04. The van der Waals surface area contributed by atoms with Crippen LogP contribution in [0.25, 0.3) is 17.2 Å². The molecule has 1 aromatic carbocycles. The fourth-order valence-corrected chi connectivity index (χ4v) is 4.35. The second-order valence-corrected chi connectivity index (χ2v) is 8.01. The lowest BCUT2D eigenvalue weighted by atomic mass is 9.96. The summed E-state index contributed by atoms with van der Waals surface area (Å²) in [5.41, 5.74) is 4.83. The summed E-state index contributed by atoms with van der Waals surface area (Å²) in [7, 11) is 3.13. The molecule has 0 bridgehead atoms. The van der Waals surface area contributed by atoms with Crippen LogP contribution < -0.4 is 15.0 Å². The highest BCUT2D eigenvalue weighted by Crippen LogP contribution is 2.40. The van der Waals surface area contributed by atoms with Gasteiger partial charge in [0.25, 0.3) is 11.5 Å². The minimum atomic E-state index is -0.118. The van der Waals surface area contributed by atoms with Crippen molar-refractivity contribution >= 4 is 12.0 Å². The highest BCUT2D eigenvalue weighted by molar-refractivity contribution is 5.99. The lowest BCUT2D eigenvalue weighted by Gasteiger charge is -2.28. The van der Waals surface area contributed by atoms with Gasteiger partial charge in [-0.1, -0.05) is 17.7 Å². The first-order valence-corrected chi connectivity index (χ1v) is 10.7. The van der Waals surface area contributed by atoms with Crippen molar-refractivity contribution in [1.82, 2.24) is 9.47 Å². The predicted molar refractivity (Wildman–Crippen MR) is 124 cm³/mol. The first-order chi connectivity index (χ1) is 15.5. The minimum Gasteiger partial charge on any atom is -0.496 e. The maximum atomic E-state index is 13.2. The van der Waals surface area contributed by atoms with Gasteiger partial charge in [-0.25, -0.2) is 0 Å². The van der Waals surface area contributed by atoms with Crippen molar-refractivity contribution in [2.45, 2.75) is 19.9 Å². The molecule has 1 aromatic heterocycles. The Morgan fingerprint density at radius 2 is 1.88 bits per heavy atom. The molecule has 1 amide bonds. The average molecular weight is 437 g/mol. The Bertz CT molecular complexity index is 1160. The molecule has 0 atom stereocenters. The Hall–Kier alpha value is -3.32. The third-order valence-electron chi connectivity index (χ3n) is 5.93. The molecule has 4 rings (SSSR count). The molecule has 0 N–H and O–H groups in total. The summed E-state index contributed by atoms with van der Waals surface area (Å²) in [4.78, 5) is 27.9. The van der Waals surface area contributed by atoms with E-state index in [1.165, 1.54) is 0 Å². The molecule has 2 heterocycles. The van der Waals surface area contributed by atoms with Crippen molar-refractivity contribution in [3.63, 3.8) is 0 Å². The summed E-state index contributed by atoms with van der Waals surface area (Å²) in [6, 6.07) is 3.55. The minimum absolute atomic E-state index is 0.0122. The summed E-state index contributed by atoms with van der Waals surface area (Å²) in [6.45, 7) is 8.32. The van der Waals surface area contributed by atoms with Crippen LogP contribution in [0.4, 0.5) is 0 Å². The number of morpholine rings is 1. The van der Waals surface area contributed by atoms with Gasteiger partial charge in [-0.2, -0.15) is 0 Å². The Balaban J connectivity index is 1.89. The van der Waals surface area contributed by atoms with E-state index in [1.54, 1.807) is 35.8 Å². The van der Waals surface area contributed by atoms with Crippen LogP contribution in [-0.2, 0) is 17.7 Å². The van der Waals surface area contributed by atoms with Gasteiger partial charge in [-0.3, -0.25) is 9.59 Å². The molecular formula is C25H28N2O5. The smallest absolute Gasteiger partial charge is 0.257 e. The van der Waals surface area contributed by atoms with E-state index >= 15 is 0 Å². The van der Waals surface area contributed by atoms with Crippen LogP contribution >= 0.6 is 0 Å². The zero-order valence-corrected chi connectivity index (χ0v) is 18.8. The molecule has 7 nitrogen and oxygen atoms in total. The number of pyridine rings is 1. The molecule has 0 radical (unpaired) electrons. The summed E-state index contributed by atoms with van der Waals surface area (Å²) in [5, 5.41) is 0. The second-order valence-electron chi connectivity index (χ2n) is 8.01. The average Bonchev–Trinajstić information content (AvgIpc) is 3.22. The predicted octanol–water partition coefficient (Wildman–Crippen LogP) is 3.15. The maximum Gasteiger partial charge on any atom is 0.257 e. The van der Waals surface area contributed by atoms with Crippen molar-refractivity contribution in [1.29, 1.82) is 0 Å². The summed E-state index contributed by atoms with van der Waals surface area (Å²) < 4.78 is 18.4. The Labute approximate surface area is 187 Å². The van der Waals surface area contributed by atoms with Crippen molar-refractivity contribution in [2.24, 2.45) is 0 Å². The molecule has 2 aliphatic rings. The van der Waals surface area contributed by atoms with Gasteiger partial charge < -0.3 is 23.7 Å². The number of allylic oxidation sites excluding steroid dienone is 2. The van der Waals surface area contributed by atoms with E-state index in [1.807, 2.05) is 25.3 Å². The zero-order chi connectivity index (χ0) is 22.8. The van der Waals surface area contributed by atoms with Crippen LogP contribution in [0.1, 0.15) is 28.4 Å². The van der Waals surface area contributed by atoms with E-state index in [4.69, 9.17) is 14.2 Å². The number of carbonyl (C=O) groups excluding carboxylic acids is 1. The number of methoxy groups -OCH3 is 2. The monoisotopic (exact) mass is 436 g/mol. The van der Waals surface area contributed by atoms with Crippen LogP contribution in [0.5, 0.6) is 11.5 Å². The number of benzene rings is 1. The van der Waals surface area contributed by atoms with Gasteiger partial charge in [0.2, 0.25) is 0 Å². The number of fused-ring (bicyclic) bond motifs is 1. The Morgan fingerprint density at radius 3 is 2.53 bits per heavy atom. The first kappa shape index (κ1) is 21.9. The number of hydrogen-bond donors (Lipinski definition) is 0. The van der Waals surface area contributed by atoms with Gasteiger partial charge in [0, 0.05) is 42.5 Å². The van der Waals surface area contributed by atoms with E-state index in [0.717, 1.165) is 27.8 Å². The van der Waals surface area contributed by atoms with Crippen LogP contribution in [0.15, 0.2) is 41.4 Å². The molecule has 1 aliphatic carbocycles. The van der Waals surface area contributed by atoms with E-state index in [-0.39, 0.29) is 11.5 Å². The third kappa shape index (κ3) is 3.84. The molecule has 0 saturated carbocycles. The third-order valence-corrected chi connectivity index (χ3v) is 5.93. The molecule has 32 heavy (non-hydrogen) atoms. The van der Waals surface area contributed by atoms with Gasteiger partial charge in [0.05, 0.1) is 33.0 Å². The normalized spacial score (nSPS) is 15.2. The number of nitrogens with zero attached hydrogens (tertiary/aromatic N) is 2. The Kier molecular flexibility index (Phi) is 6.19. The molecular weight excluding hydrogens is 408 g/mol. The highest BCUT2D eigenvalue weighted by atomic mass is 16.5. The van der Waals surface area contributed by atoms with Gasteiger partial charge in [0.1, 0.15) is 11.5 Å². The number of aromatic nitrogens is 1. The molecule has 1 saturated heterocycles. The maximum absolute atomic E-state index is 13.2. The molecule has 0 unspecified atom stereocenters. The zero-order valence-electron chi connectivity index (χ0n) is 18.8. The van der Waals surface area contributed by atoms with Crippen molar-refractivity contribution in [3.05, 3.63) is 63.6 Å². The van der Waals surface area contributed by atoms with Crippen LogP contribution in [0.2, 0.25) is 0 Å². The largest absolute Gasteiger partial charge is 0.496 e. The standard InChI is InChI=1S/C25H28N2O5/c1-5-6-27-15-21(17-11-16(2)12-19(17)24(27)28)18-13-23(31-4)20(14-22(18)30-3)25(29)26-7-9-32-10-8-26/h5,11,13-15H,1,6-10,12H2,2-4H3. The topological polar surface area (TPSA) is 70.0 Å². The molecule has 168 valence electrons. The van der Waals surface area contributed by atoms with E-state index in [0.29, 0.717) is 56.3 Å². The van der Waals surface area contributed by atoms with Crippen molar-refractivity contribution in [3.8, 4) is 22.6 Å². The summed E-state index contributed by atoms with van der Waals surface area (Å²) >= 11 is 0. The SMILES string of the molecule is C=CCn1cc(-c2cc(OC)c(C(=O)N3CCOCC3)cc2OC)c2c(c1=O)CC(C)=C2. The number of ether oxygens (including phenoxy) is 3. The van der Waals surface area contributed by atoms with Gasteiger partial charge >= 0.3 is 0 Å².